The van der Waals surface area contributed by atoms with Crippen molar-refractivity contribution in [2.45, 2.75) is 44.2 Å². The lowest BCUT2D eigenvalue weighted by molar-refractivity contribution is -0.148. The molecule has 0 aromatic carbocycles. The van der Waals surface area contributed by atoms with Crippen LogP contribution in [0.15, 0.2) is 11.5 Å². The number of carboxylic acid groups (broad SMARTS) is 1. The molecule has 118 valence electrons. The van der Waals surface area contributed by atoms with Crippen LogP contribution in [0.1, 0.15) is 32.6 Å². The summed E-state index contributed by atoms with van der Waals surface area (Å²) in [5.74, 6) is -1.16. The van der Waals surface area contributed by atoms with Crippen molar-refractivity contribution in [3.05, 3.63) is 11.5 Å². The molecule has 1 fully saturated rings. The van der Waals surface area contributed by atoms with Gasteiger partial charge in [-0.15, -0.1) is 0 Å². The molecule has 2 aliphatic rings. The van der Waals surface area contributed by atoms with E-state index in [1.807, 2.05) is 6.92 Å². The van der Waals surface area contributed by atoms with E-state index in [9.17, 15) is 23.1 Å². The first-order valence-corrected chi connectivity index (χ1v) is 8.75. The number of likely N-dealkylation sites (tertiary alicyclic amines) is 1. The van der Waals surface area contributed by atoms with Crippen molar-refractivity contribution in [1.82, 2.24) is 10.2 Å². The van der Waals surface area contributed by atoms with Gasteiger partial charge in [-0.2, -0.15) is 0 Å². The quantitative estimate of drug-likeness (QED) is 0.795. The van der Waals surface area contributed by atoms with E-state index in [0.29, 0.717) is 32.2 Å². The first-order valence-electron chi connectivity index (χ1n) is 7.03. The molecule has 7 nitrogen and oxygen atoms in total. The summed E-state index contributed by atoms with van der Waals surface area (Å²) in [6, 6.07) is -1.09. The van der Waals surface area contributed by atoms with E-state index in [2.05, 4.69) is 5.32 Å². The van der Waals surface area contributed by atoms with Crippen molar-refractivity contribution in [3.63, 3.8) is 0 Å². The Balaban J connectivity index is 2.11. The Hall–Kier alpha value is -1.57. The molecule has 2 atom stereocenters. The van der Waals surface area contributed by atoms with E-state index < -0.39 is 33.4 Å². The number of carbonyl (C=O) groups is 2. The lowest BCUT2D eigenvalue weighted by Gasteiger charge is -2.35. The third-order valence-electron chi connectivity index (χ3n) is 4.03. The Bertz CT molecular complexity index is 571. The van der Waals surface area contributed by atoms with Gasteiger partial charge in [-0.25, -0.2) is 18.0 Å². The number of carbonyl (C=O) groups excluding carboxylic acids is 1. The van der Waals surface area contributed by atoms with Gasteiger partial charge in [0.25, 0.3) is 0 Å². The molecule has 0 saturated carbocycles. The number of sulfone groups is 1. The van der Waals surface area contributed by atoms with Crippen molar-refractivity contribution in [2.24, 2.45) is 0 Å². The van der Waals surface area contributed by atoms with Crippen LogP contribution in [0.3, 0.4) is 0 Å². The molecule has 2 amide bonds. The minimum atomic E-state index is -3.25. The van der Waals surface area contributed by atoms with Gasteiger partial charge in [-0.1, -0.05) is 13.3 Å². The van der Waals surface area contributed by atoms with Crippen LogP contribution in [-0.4, -0.2) is 54.3 Å². The van der Waals surface area contributed by atoms with Crippen LogP contribution in [0.2, 0.25) is 0 Å². The van der Waals surface area contributed by atoms with E-state index in [0.717, 1.165) is 5.41 Å². The van der Waals surface area contributed by atoms with Gasteiger partial charge < -0.3 is 15.3 Å². The fraction of sp³-hybridized carbons (Fsp3) is 0.692. The first kappa shape index (κ1) is 15.8. The fourth-order valence-corrected chi connectivity index (χ4v) is 4.31. The highest BCUT2D eigenvalue weighted by atomic mass is 32.2. The van der Waals surface area contributed by atoms with Crippen LogP contribution in [0.25, 0.3) is 0 Å². The van der Waals surface area contributed by atoms with Crippen molar-refractivity contribution in [2.75, 3.05) is 12.3 Å². The van der Waals surface area contributed by atoms with Crippen LogP contribution in [-0.2, 0) is 14.6 Å². The monoisotopic (exact) mass is 316 g/mol. The third kappa shape index (κ3) is 3.04. The van der Waals surface area contributed by atoms with Crippen LogP contribution in [0.5, 0.6) is 0 Å². The summed E-state index contributed by atoms with van der Waals surface area (Å²) >= 11 is 0. The molecule has 0 radical (unpaired) electrons. The van der Waals surface area contributed by atoms with Gasteiger partial charge in [0.15, 0.2) is 9.84 Å². The molecule has 2 heterocycles. The number of hydrogen-bond donors (Lipinski definition) is 2. The molecule has 2 aliphatic heterocycles. The third-order valence-corrected chi connectivity index (χ3v) is 5.43. The highest BCUT2D eigenvalue weighted by molar-refractivity contribution is 7.94. The fourth-order valence-electron chi connectivity index (χ4n) is 3.08. The molecular formula is C13H20N2O5S. The van der Waals surface area contributed by atoms with Crippen LogP contribution in [0, 0.1) is 0 Å². The number of nitrogens with one attached hydrogen (secondary N) is 1. The molecule has 8 heteroatoms. The zero-order chi connectivity index (χ0) is 15.7. The predicted molar refractivity (Wildman–Crippen MR) is 76.5 cm³/mol. The van der Waals surface area contributed by atoms with Crippen LogP contribution in [0.4, 0.5) is 4.79 Å². The summed E-state index contributed by atoms with van der Waals surface area (Å²) in [6.07, 6.45) is 3.55. The molecule has 0 bridgehead atoms. The molecule has 2 N–H and O–H groups in total. The normalized spacial score (nSPS) is 30.5. The average Bonchev–Trinajstić information content (AvgIpc) is 2.94. The molecule has 2 unspecified atom stereocenters. The molecule has 21 heavy (non-hydrogen) atoms. The Kier molecular flexibility index (Phi) is 4.27. The highest BCUT2D eigenvalue weighted by Crippen LogP contribution is 2.34. The minimum Gasteiger partial charge on any atom is -0.479 e. The van der Waals surface area contributed by atoms with Gasteiger partial charge in [0, 0.05) is 12.0 Å². The SMILES string of the molecule is CCCC1(C(=O)O)CCCN1C(=O)NC1C=CS(=O)(=O)C1. The second kappa shape index (κ2) is 5.67. The first-order chi connectivity index (χ1) is 9.81. The number of nitrogens with zero attached hydrogens (tertiary/aromatic N) is 1. The summed E-state index contributed by atoms with van der Waals surface area (Å²) < 4.78 is 22.7. The lowest BCUT2D eigenvalue weighted by atomic mass is 9.91. The molecule has 0 aromatic rings. The maximum absolute atomic E-state index is 12.3. The van der Waals surface area contributed by atoms with Crippen molar-refractivity contribution in [1.29, 1.82) is 0 Å². The van der Waals surface area contributed by atoms with Crippen molar-refractivity contribution < 1.29 is 23.1 Å². The lowest BCUT2D eigenvalue weighted by Crippen LogP contribution is -2.57. The molecule has 0 spiro atoms. The van der Waals surface area contributed by atoms with E-state index in [-0.39, 0.29) is 5.75 Å². The molecule has 1 saturated heterocycles. The number of hydrogen-bond acceptors (Lipinski definition) is 4. The van der Waals surface area contributed by atoms with E-state index in [4.69, 9.17) is 0 Å². The van der Waals surface area contributed by atoms with E-state index >= 15 is 0 Å². The number of aliphatic carboxylic acids is 1. The minimum absolute atomic E-state index is 0.166. The Morgan fingerprint density at radius 1 is 1.48 bits per heavy atom. The maximum Gasteiger partial charge on any atom is 0.329 e. The number of carboxylic acids is 1. The Morgan fingerprint density at radius 3 is 2.71 bits per heavy atom. The van der Waals surface area contributed by atoms with Gasteiger partial charge in [0.2, 0.25) is 0 Å². The van der Waals surface area contributed by atoms with Crippen LogP contribution < -0.4 is 5.32 Å². The van der Waals surface area contributed by atoms with Gasteiger partial charge >= 0.3 is 12.0 Å². The van der Waals surface area contributed by atoms with Gasteiger partial charge in [-0.05, 0) is 25.3 Å². The second-order valence-electron chi connectivity index (χ2n) is 5.56. The largest absolute Gasteiger partial charge is 0.479 e. The summed E-state index contributed by atoms with van der Waals surface area (Å²) in [4.78, 5) is 25.3. The molecule has 0 aliphatic carbocycles. The van der Waals surface area contributed by atoms with E-state index in [1.165, 1.54) is 11.0 Å². The van der Waals surface area contributed by atoms with Crippen LogP contribution >= 0.6 is 0 Å². The van der Waals surface area contributed by atoms with Gasteiger partial charge in [0.05, 0.1) is 11.8 Å². The summed E-state index contributed by atoms with van der Waals surface area (Å²) in [7, 11) is -3.25. The van der Waals surface area contributed by atoms with Gasteiger partial charge in [-0.3, -0.25) is 0 Å². The maximum atomic E-state index is 12.3. The Labute approximate surface area is 123 Å². The number of urea groups is 1. The Morgan fingerprint density at radius 2 is 2.19 bits per heavy atom. The zero-order valence-corrected chi connectivity index (χ0v) is 12.7. The zero-order valence-electron chi connectivity index (χ0n) is 11.9. The average molecular weight is 316 g/mol. The number of amides is 2. The smallest absolute Gasteiger partial charge is 0.329 e. The van der Waals surface area contributed by atoms with Gasteiger partial charge in [0.1, 0.15) is 5.54 Å². The highest BCUT2D eigenvalue weighted by Gasteiger charge is 2.49. The number of rotatable bonds is 4. The molecule has 0 aromatic heterocycles. The summed E-state index contributed by atoms with van der Waals surface area (Å²) in [5.41, 5.74) is -1.17. The summed E-state index contributed by atoms with van der Waals surface area (Å²) in [5, 5.41) is 13.2. The standard InChI is InChI=1S/C13H20N2O5S/c1-2-5-13(11(16)17)6-3-7-15(13)12(18)14-10-4-8-21(19,20)9-10/h4,8,10H,2-3,5-7,9H2,1H3,(H,14,18)(H,16,17). The summed E-state index contributed by atoms with van der Waals surface area (Å²) in [6.45, 7) is 2.26. The second-order valence-corrected chi connectivity index (χ2v) is 7.49. The molecular weight excluding hydrogens is 296 g/mol. The van der Waals surface area contributed by atoms with Crippen molar-refractivity contribution >= 4 is 21.8 Å². The topological polar surface area (TPSA) is 104 Å². The molecule has 2 rings (SSSR count). The van der Waals surface area contributed by atoms with Crippen molar-refractivity contribution in [3.8, 4) is 0 Å². The predicted octanol–water partition coefficient (Wildman–Crippen LogP) is 0.726. The van der Waals surface area contributed by atoms with E-state index in [1.54, 1.807) is 0 Å².